The first-order valence-corrected chi connectivity index (χ1v) is 9.62. The van der Waals surface area contributed by atoms with Gasteiger partial charge in [-0.05, 0) is 60.8 Å². The Kier molecular flexibility index (Phi) is 7.17. The molecule has 2 N–H and O–H groups in total. The summed E-state index contributed by atoms with van der Waals surface area (Å²) in [7, 11) is 1.55. The van der Waals surface area contributed by atoms with Gasteiger partial charge in [0.05, 0.1) is 12.7 Å². The van der Waals surface area contributed by atoms with Crippen LogP contribution < -0.4 is 15.4 Å². The zero-order chi connectivity index (χ0) is 19.3. The van der Waals surface area contributed by atoms with Gasteiger partial charge in [0.15, 0.2) is 5.11 Å². The van der Waals surface area contributed by atoms with Gasteiger partial charge >= 0.3 is 0 Å². The molecule has 0 bridgehead atoms. The molecule has 0 aliphatic carbocycles. The first-order valence-electron chi connectivity index (χ1n) is 8.42. The number of hydrogen-bond acceptors (Lipinski definition) is 3. The number of rotatable bonds is 5. The van der Waals surface area contributed by atoms with Crippen molar-refractivity contribution in [2.75, 3.05) is 12.4 Å². The number of methoxy groups -OCH3 is 1. The predicted molar refractivity (Wildman–Crippen MR) is 114 cm³/mol. The highest BCUT2D eigenvalue weighted by Gasteiger charge is 2.17. The van der Waals surface area contributed by atoms with E-state index in [1.165, 1.54) is 5.56 Å². The van der Waals surface area contributed by atoms with Crippen LogP contribution in [0.15, 0.2) is 40.9 Å². The van der Waals surface area contributed by atoms with Crippen molar-refractivity contribution in [3.8, 4) is 5.75 Å². The van der Waals surface area contributed by atoms with E-state index in [4.69, 9.17) is 17.0 Å². The fourth-order valence-corrected chi connectivity index (χ4v) is 3.53. The Morgan fingerprint density at radius 1 is 1.31 bits per heavy atom. The number of carbonyl (C=O) groups excluding carboxylic acids is 1. The van der Waals surface area contributed by atoms with Crippen LogP contribution in [0, 0.1) is 6.92 Å². The van der Waals surface area contributed by atoms with Crippen molar-refractivity contribution in [2.24, 2.45) is 0 Å². The maximum Gasteiger partial charge on any atom is 0.261 e. The zero-order valence-electron chi connectivity index (χ0n) is 15.4. The third kappa shape index (κ3) is 4.83. The second kappa shape index (κ2) is 9.14. The normalized spacial score (nSPS) is 11.6. The first-order chi connectivity index (χ1) is 12.4. The molecule has 0 saturated carbocycles. The molecule has 2 rings (SSSR count). The van der Waals surface area contributed by atoms with Crippen LogP contribution in [0.2, 0.25) is 0 Å². The lowest BCUT2D eigenvalue weighted by molar-refractivity contribution is 0.0974. The van der Waals surface area contributed by atoms with Crippen molar-refractivity contribution in [2.45, 2.75) is 33.1 Å². The van der Waals surface area contributed by atoms with Crippen molar-refractivity contribution in [3.05, 3.63) is 57.6 Å². The molecule has 6 heteroatoms. The van der Waals surface area contributed by atoms with E-state index in [9.17, 15) is 4.79 Å². The molecule has 1 unspecified atom stereocenters. The summed E-state index contributed by atoms with van der Waals surface area (Å²) in [6.45, 7) is 6.19. The highest BCUT2D eigenvalue weighted by Crippen LogP contribution is 2.28. The summed E-state index contributed by atoms with van der Waals surface area (Å²) in [5.74, 6) is 0.614. The molecule has 0 aliphatic heterocycles. The zero-order valence-corrected chi connectivity index (χ0v) is 17.8. The van der Waals surface area contributed by atoms with Crippen molar-refractivity contribution < 1.29 is 9.53 Å². The van der Waals surface area contributed by atoms with Crippen molar-refractivity contribution in [1.82, 2.24) is 5.32 Å². The summed E-state index contributed by atoms with van der Waals surface area (Å²) in [5, 5.41) is 6.13. The molecular weight excluding hydrogens is 412 g/mol. The van der Waals surface area contributed by atoms with E-state index < -0.39 is 0 Å². The Labute approximate surface area is 168 Å². The van der Waals surface area contributed by atoms with Crippen LogP contribution in [-0.2, 0) is 0 Å². The minimum atomic E-state index is -0.315. The van der Waals surface area contributed by atoms with E-state index in [0.717, 1.165) is 22.1 Å². The van der Waals surface area contributed by atoms with E-state index >= 15 is 0 Å². The number of aryl methyl sites for hydroxylation is 1. The van der Waals surface area contributed by atoms with Crippen molar-refractivity contribution in [3.63, 3.8) is 0 Å². The summed E-state index contributed by atoms with van der Waals surface area (Å²) in [6, 6.07) is 11.6. The average Bonchev–Trinajstić information content (AvgIpc) is 2.60. The lowest BCUT2D eigenvalue weighted by Gasteiger charge is -2.18. The fraction of sp³-hybridized carbons (Fsp3) is 0.300. The molecule has 4 nitrogen and oxygen atoms in total. The number of carbonyl (C=O) groups is 1. The third-order valence-electron chi connectivity index (χ3n) is 4.27. The number of halogens is 1. The molecule has 0 fully saturated rings. The molecular formula is C20H23BrN2O2S. The van der Waals surface area contributed by atoms with E-state index in [0.29, 0.717) is 17.2 Å². The first kappa shape index (κ1) is 20.4. The minimum absolute atomic E-state index is 0.255. The van der Waals surface area contributed by atoms with E-state index in [-0.39, 0.29) is 11.0 Å². The number of benzene rings is 2. The molecule has 2 aromatic carbocycles. The minimum Gasteiger partial charge on any atom is -0.496 e. The molecule has 1 atom stereocenters. The lowest BCUT2D eigenvalue weighted by atomic mass is 9.97. The second-order valence-electron chi connectivity index (χ2n) is 6.11. The fourth-order valence-electron chi connectivity index (χ4n) is 2.75. The van der Waals surface area contributed by atoms with E-state index in [1.807, 2.05) is 31.2 Å². The Balaban J connectivity index is 2.18. The summed E-state index contributed by atoms with van der Waals surface area (Å²) < 4.78 is 6.18. The summed E-state index contributed by atoms with van der Waals surface area (Å²) in [5.41, 5.74) is 3.37. The topological polar surface area (TPSA) is 50.4 Å². The Hall–Kier alpha value is -1.92. The molecule has 0 saturated heterocycles. The standard InChI is InChI=1S/C20H23BrN2O2S/c1-5-12(2)15-8-6-7-9-17(15)22-20(26)23-19(24)16-11-14(21)10-13(3)18(16)25-4/h6-12H,5H2,1-4H3,(H2,22,23,24,26). The molecule has 0 aromatic heterocycles. The number of hydrogen-bond donors (Lipinski definition) is 2. The van der Waals surface area contributed by atoms with Crippen LogP contribution in [0.3, 0.4) is 0 Å². The number of ether oxygens (including phenoxy) is 1. The largest absolute Gasteiger partial charge is 0.496 e. The van der Waals surface area contributed by atoms with Gasteiger partial charge in [-0.2, -0.15) is 0 Å². The van der Waals surface area contributed by atoms with Gasteiger partial charge in [0, 0.05) is 10.2 Å². The van der Waals surface area contributed by atoms with Crippen LogP contribution >= 0.6 is 28.1 Å². The van der Waals surface area contributed by atoms with Crippen molar-refractivity contribution >= 4 is 44.9 Å². The van der Waals surface area contributed by atoms with E-state index in [2.05, 4.69) is 46.5 Å². The van der Waals surface area contributed by atoms with Gasteiger partial charge in [-0.3, -0.25) is 10.1 Å². The van der Waals surface area contributed by atoms with Crippen LogP contribution in [-0.4, -0.2) is 18.1 Å². The SMILES string of the molecule is CCC(C)c1ccccc1NC(=S)NC(=O)c1cc(Br)cc(C)c1OC. The predicted octanol–water partition coefficient (Wildman–Crippen LogP) is 5.41. The Bertz CT molecular complexity index is 823. The smallest absolute Gasteiger partial charge is 0.261 e. The number of amides is 1. The molecule has 0 aliphatic rings. The molecule has 0 heterocycles. The van der Waals surface area contributed by atoms with E-state index in [1.54, 1.807) is 13.2 Å². The Morgan fingerprint density at radius 3 is 2.65 bits per heavy atom. The quantitative estimate of drug-likeness (QED) is 0.617. The summed E-state index contributed by atoms with van der Waals surface area (Å²) >= 11 is 8.76. The van der Waals surface area contributed by atoms with Crippen LogP contribution in [0.4, 0.5) is 5.69 Å². The molecule has 2 aromatic rings. The van der Waals surface area contributed by atoms with Crippen LogP contribution in [0.5, 0.6) is 5.75 Å². The average molecular weight is 435 g/mol. The second-order valence-corrected chi connectivity index (χ2v) is 7.43. The molecule has 1 amide bonds. The van der Waals surface area contributed by atoms with Gasteiger partial charge in [0.2, 0.25) is 0 Å². The summed E-state index contributed by atoms with van der Waals surface area (Å²) in [6.07, 6.45) is 1.02. The third-order valence-corrected chi connectivity index (χ3v) is 4.93. The number of nitrogens with one attached hydrogen (secondary N) is 2. The Morgan fingerprint density at radius 2 is 2.00 bits per heavy atom. The lowest BCUT2D eigenvalue weighted by Crippen LogP contribution is -2.34. The number of anilines is 1. The molecule has 138 valence electrons. The van der Waals surface area contributed by atoms with Gasteiger partial charge in [-0.25, -0.2) is 0 Å². The van der Waals surface area contributed by atoms with Crippen molar-refractivity contribution in [1.29, 1.82) is 0 Å². The molecule has 0 spiro atoms. The van der Waals surface area contributed by atoms with Gasteiger partial charge in [-0.1, -0.05) is 48.0 Å². The van der Waals surface area contributed by atoms with Crippen LogP contribution in [0.1, 0.15) is 47.7 Å². The summed E-state index contributed by atoms with van der Waals surface area (Å²) in [4.78, 5) is 12.7. The number of thiocarbonyl (C=S) groups is 1. The highest BCUT2D eigenvalue weighted by molar-refractivity contribution is 9.10. The maximum absolute atomic E-state index is 12.7. The van der Waals surface area contributed by atoms with Gasteiger partial charge in [-0.15, -0.1) is 0 Å². The number of para-hydroxylation sites is 1. The maximum atomic E-state index is 12.7. The van der Waals surface area contributed by atoms with Gasteiger partial charge in [0.25, 0.3) is 5.91 Å². The molecule has 26 heavy (non-hydrogen) atoms. The van der Waals surface area contributed by atoms with Crippen LogP contribution in [0.25, 0.3) is 0 Å². The van der Waals surface area contributed by atoms with Gasteiger partial charge in [0.1, 0.15) is 5.75 Å². The molecule has 0 radical (unpaired) electrons. The highest BCUT2D eigenvalue weighted by atomic mass is 79.9. The monoisotopic (exact) mass is 434 g/mol. The van der Waals surface area contributed by atoms with Gasteiger partial charge < -0.3 is 10.1 Å².